The minimum atomic E-state index is -3.59. The lowest BCUT2D eigenvalue weighted by Gasteiger charge is -2.32. The minimum Gasteiger partial charge on any atom is -0.287 e. The molecule has 6 heteroatoms. The van der Waals surface area contributed by atoms with Gasteiger partial charge in [-0.05, 0) is 39.5 Å². The normalized spacial score (nSPS) is 19.8. The zero-order valence-electron chi connectivity index (χ0n) is 10.5. The molecule has 1 aliphatic carbocycles. The van der Waals surface area contributed by atoms with E-state index in [1.807, 2.05) is 0 Å². The van der Waals surface area contributed by atoms with E-state index in [4.69, 9.17) is 13.6 Å². The monoisotopic (exact) mass is 261 g/mol. The molecule has 0 radical (unpaired) electrons. The average Bonchev–Trinajstić information content (AvgIpc) is 2.30. The molecule has 0 aromatic rings. The largest absolute Gasteiger partial charge is 0.476 e. The van der Waals surface area contributed by atoms with Gasteiger partial charge in [-0.25, -0.2) is 4.57 Å². The molecule has 0 atom stereocenters. The Hall–Kier alpha value is -0.400. The molecular formula is C11H20NO4P. The van der Waals surface area contributed by atoms with E-state index in [0.29, 0.717) is 12.8 Å². The van der Waals surface area contributed by atoms with Gasteiger partial charge in [0.1, 0.15) is 0 Å². The number of hydrogen-bond donors (Lipinski definition) is 0. The highest BCUT2D eigenvalue weighted by Gasteiger charge is 2.42. The van der Waals surface area contributed by atoms with Gasteiger partial charge in [0.15, 0.2) is 5.60 Å². The fourth-order valence-electron chi connectivity index (χ4n) is 1.97. The average molecular weight is 261 g/mol. The molecule has 0 unspecified atom stereocenters. The summed E-state index contributed by atoms with van der Waals surface area (Å²) in [5.74, 6) is 0. The molecule has 0 spiro atoms. The van der Waals surface area contributed by atoms with Crippen LogP contribution < -0.4 is 0 Å². The van der Waals surface area contributed by atoms with Gasteiger partial charge in [-0.3, -0.25) is 13.6 Å². The maximum Gasteiger partial charge on any atom is 0.476 e. The molecule has 0 bridgehead atoms. The molecule has 17 heavy (non-hydrogen) atoms. The third kappa shape index (κ3) is 4.08. The Kier molecular flexibility index (Phi) is 5.61. The molecule has 0 heterocycles. The van der Waals surface area contributed by atoms with Crippen LogP contribution in [0.1, 0.15) is 46.0 Å². The van der Waals surface area contributed by atoms with Crippen LogP contribution in [-0.2, 0) is 18.1 Å². The Morgan fingerprint density at radius 1 is 1.18 bits per heavy atom. The highest BCUT2D eigenvalue weighted by molar-refractivity contribution is 7.48. The smallest absolute Gasteiger partial charge is 0.287 e. The number of rotatable bonds is 6. The van der Waals surface area contributed by atoms with E-state index in [1.54, 1.807) is 13.8 Å². The summed E-state index contributed by atoms with van der Waals surface area (Å²) in [6.07, 6.45) is 4.08. The molecule has 98 valence electrons. The van der Waals surface area contributed by atoms with Crippen LogP contribution >= 0.6 is 7.82 Å². The number of phosphoric acid groups is 1. The molecule has 1 rings (SSSR count). The van der Waals surface area contributed by atoms with E-state index in [9.17, 15) is 9.83 Å². The van der Waals surface area contributed by atoms with Crippen molar-refractivity contribution in [1.29, 1.82) is 5.26 Å². The Labute approximate surface area is 103 Å². The molecule has 1 saturated carbocycles. The van der Waals surface area contributed by atoms with Crippen molar-refractivity contribution < 1.29 is 18.1 Å². The molecule has 0 saturated heterocycles. The van der Waals surface area contributed by atoms with E-state index in [1.165, 1.54) is 0 Å². The van der Waals surface area contributed by atoms with Crippen molar-refractivity contribution in [3.05, 3.63) is 0 Å². The highest BCUT2D eigenvalue weighted by Crippen LogP contribution is 2.54. The number of hydrogen-bond acceptors (Lipinski definition) is 5. The second-order valence-corrected chi connectivity index (χ2v) is 5.63. The van der Waals surface area contributed by atoms with Gasteiger partial charge in [-0.2, -0.15) is 5.26 Å². The summed E-state index contributed by atoms with van der Waals surface area (Å²) in [5, 5.41) is 9.23. The summed E-state index contributed by atoms with van der Waals surface area (Å²) in [7, 11) is -3.59. The maximum absolute atomic E-state index is 12.2. The second-order valence-electron chi connectivity index (χ2n) is 4.04. The van der Waals surface area contributed by atoms with E-state index in [2.05, 4.69) is 6.07 Å². The maximum atomic E-state index is 12.2. The van der Waals surface area contributed by atoms with Crippen molar-refractivity contribution in [3.8, 4) is 6.07 Å². The number of nitriles is 1. The van der Waals surface area contributed by atoms with Crippen molar-refractivity contribution in [3.63, 3.8) is 0 Å². The van der Waals surface area contributed by atoms with Crippen LogP contribution in [-0.4, -0.2) is 18.8 Å². The Morgan fingerprint density at radius 3 is 2.12 bits per heavy atom. The quantitative estimate of drug-likeness (QED) is 0.685. The van der Waals surface area contributed by atoms with Gasteiger partial charge in [0.05, 0.1) is 19.3 Å². The summed E-state index contributed by atoms with van der Waals surface area (Å²) < 4.78 is 27.8. The summed E-state index contributed by atoms with van der Waals surface area (Å²) in [6.45, 7) is 3.90. The van der Waals surface area contributed by atoms with Crippen LogP contribution in [0.4, 0.5) is 0 Å². The first-order chi connectivity index (χ1) is 8.10. The first kappa shape index (κ1) is 14.7. The SMILES string of the molecule is CCOP(=O)(OCC)OC1(C#N)CCCCC1. The summed E-state index contributed by atoms with van der Waals surface area (Å²) >= 11 is 0. The summed E-state index contributed by atoms with van der Waals surface area (Å²) in [5.41, 5.74) is -1.00. The van der Waals surface area contributed by atoms with Gasteiger partial charge in [0.2, 0.25) is 0 Å². The lowest BCUT2D eigenvalue weighted by molar-refractivity contribution is 0.0243. The molecule has 0 aromatic carbocycles. The standard InChI is InChI=1S/C11H20NO4P/c1-3-14-17(13,15-4-2)16-11(10-12)8-6-5-7-9-11/h3-9H2,1-2H3. The molecule has 1 fully saturated rings. The molecule has 0 N–H and O–H groups in total. The van der Waals surface area contributed by atoms with Crippen LogP contribution in [0.3, 0.4) is 0 Å². The third-order valence-electron chi connectivity index (χ3n) is 2.73. The number of phosphoric ester groups is 1. The second kappa shape index (κ2) is 6.51. The van der Waals surface area contributed by atoms with E-state index < -0.39 is 13.4 Å². The third-order valence-corrected chi connectivity index (χ3v) is 4.45. The van der Waals surface area contributed by atoms with Crippen molar-refractivity contribution in [1.82, 2.24) is 0 Å². The topological polar surface area (TPSA) is 68.6 Å². The van der Waals surface area contributed by atoms with Gasteiger partial charge in [0.25, 0.3) is 0 Å². The van der Waals surface area contributed by atoms with Gasteiger partial charge < -0.3 is 0 Å². The summed E-state index contributed by atoms with van der Waals surface area (Å²) in [6, 6.07) is 2.14. The van der Waals surface area contributed by atoms with Crippen LogP contribution in [0.5, 0.6) is 0 Å². The first-order valence-electron chi connectivity index (χ1n) is 6.11. The van der Waals surface area contributed by atoms with Gasteiger partial charge in [0, 0.05) is 0 Å². The van der Waals surface area contributed by atoms with Crippen molar-refractivity contribution in [2.24, 2.45) is 0 Å². The van der Waals surface area contributed by atoms with Crippen molar-refractivity contribution >= 4 is 7.82 Å². The fraction of sp³-hybridized carbons (Fsp3) is 0.909. The molecule has 0 amide bonds. The van der Waals surface area contributed by atoms with E-state index in [0.717, 1.165) is 19.3 Å². The molecule has 0 aromatic heterocycles. The zero-order valence-corrected chi connectivity index (χ0v) is 11.4. The molecule has 5 nitrogen and oxygen atoms in total. The Bertz CT molecular complexity index is 310. The minimum absolute atomic E-state index is 0.235. The van der Waals surface area contributed by atoms with Crippen molar-refractivity contribution in [2.45, 2.75) is 51.6 Å². The predicted octanol–water partition coefficient (Wildman–Crippen LogP) is 3.41. The Morgan fingerprint density at radius 2 is 1.71 bits per heavy atom. The van der Waals surface area contributed by atoms with Crippen LogP contribution in [0.15, 0.2) is 0 Å². The lowest BCUT2D eigenvalue weighted by atomic mass is 9.86. The van der Waals surface area contributed by atoms with Crippen LogP contribution in [0.25, 0.3) is 0 Å². The van der Waals surface area contributed by atoms with Gasteiger partial charge >= 0.3 is 7.82 Å². The fourth-order valence-corrected chi connectivity index (χ4v) is 3.43. The molecule has 0 aliphatic heterocycles. The van der Waals surface area contributed by atoms with Gasteiger partial charge in [-0.15, -0.1) is 0 Å². The van der Waals surface area contributed by atoms with Crippen LogP contribution in [0.2, 0.25) is 0 Å². The first-order valence-corrected chi connectivity index (χ1v) is 7.57. The number of nitrogens with zero attached hydrogens (tertiary/aromatic N) is 1. The Balaban J connectivity index is 2.76. The van der Waals surface area contributed by atoms with Crippen LogP contribution in [0, 0.1) is 11.3 Å². The zero-order chi connectivity index (χ0) is 12.8. The highest BCUT2D eigenvalue weighted by atomic mass is 31.2. The predicted molar refractivity (Wildman–Crippen MR) is 63.4 cm³/mol. The van der Waals surface area contributed by atoms with Crippen molar-refractivity contribution in [2.75, 3.05) is 13.2 Å². The van der Waals surface area contributed by atoms with E-state index >= 15 is 0 Å². The molecular weight excluding hydrogens is 241 g/mol. The molecule has 1 aliphatic rings. The van der Waals surface area contributed by atoms with E-state index in [-0.39, 0.29) is 13.2 Å². The lowest BCUT2D eigenvalue weighted by Crippen LogP contribution is -2.32. The summed E-state index contributed by atoms with van der Waals surface area (Å²) in [4.78, 5) is 0. The van der Waals surface area contributed by atoms with Gasteiger partial charge in [-0.1, -0.05) is 6.42 Å².